The van der Waals surface area contributed by atoms with Crippen LogP contribution in [0.25, 0.3) is 0 Å². The van der Waals surface area contributed by atoms with E-state index in [9.17, 15) is 9.59 Å². The van der Waals surface area contributed by atoms with Crippen LogP contribution >= 0.6 is 0 Å². The van der Waals surface area contributed by atoms with Crippen LogP contribution in [0.4, 0.5) is 4.79 Å². The number of nitrogens with one attached hydrogen (secondary N) is 1. The Morgan fingerprint density at radius 1 is 1.26 bits per heavy atom. The lowest BCUT2D eigenvalue weighted by atomic mass is 9.85. The first-order chi connectivity index (χ1) is 8.88. The molecule has 0 unspecified atom stereocenters. The molecule has 0 radical (unpaired) electrons. The number of hydrogen-bond donors (Lipinski definition) is 1. The molecule has 2 atom stereocenters. The van der Waals surface area contributed by atoms with Crippen LogP contribution in [-0.4, -0.2) is 41.6 Å². The summed E-state index contributed by atoms with van der Waals surface area (Å²) in [5.74, 6) is 0.331. The standard InChI is InChI=1S/C14H24N2O3/c1-14(2,3)19-13(18)16-11-7-9-15-8-6-10(11)4-5-12(16)17/h10-11,15H,4-9H2,1-3H3/t10-,11-/m1/s1. The number of imide groups is 1. The zero-order chi connectivity index (χ0) is 14.0. The van der Waals surface area contributed by atoms with Crippen LogP contribution < -0.4 is 5.32 Å². The Balaban J connectivity index is 2.14. The first-order valence-corrected chi connectivity index (χ1v) is 7.14. The van der Waals surface area contributed by atoms with Gasteiger partial charge < -0.3 is 10.1 Å². The van der Waals surface area contributed by atoms with E-state index in [1.165, 1.54) is 4.90 Å². The first-order valence-electron chi connectivity index (χ1n) is 7.14. The fourth-order valence-electron chi connectivity index (χ4n) is 2.93. The molecular weight excluding hydrogens is 244 g/mol. The number of carbonyl (C=O) groups excluding carboxylic acids is 2. The molecule has 19 heavy (non-hydrogen) atoms. The number of nitrogens with zero attached hydrogens (tertiary/aromatic N) is 1. The van der Waals surface area contributed by atoms with E-state index in [0.717, 1.165) is 32.4 Å². The Hall–Kier alpha value is -1.10. The predicted molar refractivity (Wildman–Crippen MR) is 71.7 cm³/mol. The Labute approximate surface area is 114 Å². The van der Waals surface area contributed by atoms with Crippen molar-refractivity contribution < 1.29 is 14.3 Å². The second-order valence-electron chi connectivity index (χ2n) is 6.44. The molecule has 2 aliphatic heterocycles. The normalized spacial score (nSPS) is 28.6. The van der Waals surface area contributed by atoms with Gasteiger partial charge in [-0.1, -0.05) is 0 Å². The fraction of sp³-hybridized carbons (Fsp3) is 0.857. The molecule has 0 bridgehead atoms. The average Bonchev–Trinajstić information content (AvgIpc) is 2.51. The van der Waals surface area contributed by atoms with Gasteiger partial charge in [0.2, 0.25) is 5.91 Å². The molecule has 0 aromatic heterocycles. The van der Waals surface area contributed by atoms with Gasteiger partial charge in [-0.3, -0.25) is 4.79 Å². The molecular formula is C14H24N2O3. The smallest absolute Gasteiger partial charge is 0.417 e. The van der Waals surface area contributed by atoms with Gasteiger partial charge in [-0.05, 0) is 59.0 Å². The number of amides is 2. The highest BCUT2D eigenvalue weighted by Crippen LogP contribution is 2.31. The molecule has 108 valence electrons. The van der Waals surface area contributed by atoms with Gasteiger partial charge in [0.15, 0.2) is 0 Å². The summed E-state index contributed by atoms with van der Waals surface area (Å²) in [4.78, 5) is 25.7. The van der Waals surface area contributed by atoms with Gasteiger partial charge in [0.25, 0.3) is 0 Å². The SMILES string of the molecule is CC(C)(C)OC(=O)N1C(=O)CC[C@@H]2CCNCC[C@H]21. The van der Waals surface area contributed by atoms with E-state index in [-0.39, 0.29) is 11.9 Å². The second-order valence-corrected chi connectivity index (χ2v) is 6.44. The van der Waals surface area contributed by atoms with Gasteiger partial charge >= 0.3 is 6.09 Å². The van der Waals surface area contributed by atoms with Gasteiger partial charge in [-0.25, -0.2) is 9.69 Å². The molecule has 5 heteroatoms. The number of carbonyl (C=O) groups is 2. The van der Waals surface area contributed by atoms with Crippen molar-refractivity contribution in [3.05, 3.63) is 0 Å². The van der Waals surface area contributed by atoms with Crippen molar-refractivity contribution in [1.82, 2.24) is 10.2 Å². The van der Waals surface area contributed by atoms with Gasteiger partial charge in [0.1, 0.15) is 5.60 Å². The van der Waals surface area contributed by atoms with E-state index in [1.807, 2.05) is 20.8 Å². The molecule has 0 spiro atoms. The van der Waals surface area contributed by atoms with Crippen LogP contribution in [0.15, 0.2) is 0 Å². The maximum atomic E-state index is 12.3. The Morgan fingerprint density at radius 3 is 2.63 bits per heavy atom. The largest absolute Gasteiger partial charge is 0.443 e. The minimum absolute atomic E-state index is 0.00565. The number of piperidine rings is 1. The predicted octanol–water partition coefficient (Wildman–Crippen LogP) is 1.91. The minimum Gasteiger partial charge on any atom is -0.443 e. The number of hydrogen-bond acceptors (Lipinski definition) is 4. The van der Waals surface area contributed by atoms with Gasteiger partial charge in [0.05, 0.1) is 0 Å². The topological polar surface area (TPSA) is 58.6 Å². The minimum atomic E-state index is -0.562. The van der Waals surface area contributed by atoms with E-state index in [2.05, 4.69) is 5.32 Å². The van der Waals surface area contributed by atoms with Gasteiger partial charge in [0, 0.05) is 12.5 Å². The van der Waals surface area contributed by atoms with E-state index in [1.54, 1.807) is 0 Å². The van der Waals surface area contributed by atoms with Crippen LogP contribution in [0.3, 0.4) is 0 Å². The summed E-state index contributed by atoms with van der Waals surface area (Å²) in [6.07, 6.45) is 2.73. The van der Waals surface area contributed by atoms with Crippen molar-refractivity contribution in [3.63, 3.8) is 0 Å². The number of likely N-dealkylation sites (tertiary alicyclic amines) is 1. The summed E-state index contributed by atoms with van der Waals surface area (Å²) in [5, 5.41) is 3.34. The molecule has 2 amide bonds. The third kappa shape index (κ3) is 3.47. The molecule has 0 aromatic rings. The van der Waals surface area contributed by atoms with Crippen molar-refractivity contribution in [2.24, 2.45) is 5.92 Å². The zero-order valence-electron chi connectivity index (χ0n) is 12.1. The summed E-state index contributed by atoms with van der Waals surface area (Å²) in [7, 11) is 0. The molecule has 2 rings (SSSR count). The summed E-state index contributed by atoms with van der Waals surface area (Å²) in [6.45, 7) is 7.30. The monoisotopic (exact) mass is 268 g/mol. The van der Waals surface area contributed by atoms with Crippen molar-refractivity contribution in [3.8, 4) is 0 Å². The van der Waals surface area contributed by atoms with Crippen LogP contribution in [-0.2, 0) is 9.53 Å². The van der Waals surface area contributed by atoms with E-state index >= 15 is 0 Å². The lowest BCUT2D eigenvalue weighted by Crippen LogP contribution is -2.53. The highest BCUT2D eigenvalue weighted by Gasteiger charge is 2.41. The van der Waals surface area contributed by atoms with Gasteiger partial charge in [-0.15, -0.1) is 0 Å². The lowest BCUT2D eigenvalue weighted by molar-refractivity contribution is -0.137. The quantitative estimate of drug-likeness (QED) is 0.729. The van der Waals surface area contributed by atoms with Crippen molar-refractivity contribution >= 4 is 12.0 Å². The maximum Gasteiger partial charge on any atom is 0.417 e. The van der Waals surface area contributed by atoms with E-state index < -0.39 is 11.7 Å². The Bertz CT molecular complexity index is 362. The summed E-state index contributed by atoms with van der Waals surface area (Å²) < 4.78 is 5.38. The molecule has 0 aromatic carbocycles. The molecule has 2 saturated heterocycles. The summed E-state index contributed by atoms with van der Waals surface area (Å²) in [5.41, 5.74) is -0.562. The molecule has 2 fully saturated rings. The van der Waals surface area contributed by atoms with E-state index in [0.29, 0.717) is 12.3 Å². The third-order valence-electron chi connectivity index (χ3n) is 3.77. The number of rotatable bonds is 0. The van der Waals surface area contributed by atoms with Crippen molar-refractivity contribution in [2.75, 3.05) is 13.1 Å². The van der Waals surface area contributed by atoms with Crippen LogP contribution in [0.1, 0.15) is 46.5 Å². The first kappa shape index (κ1) is 14.3. The zero-order valence-corrected chi connectivity index (χ0v) is 12.1. The average molecular weight is 268 g/mol. The molecule has 1 N–H and O–H groups in total. The second kappa shape index (κ2) is 5.49. The number of ether oxygens (including phenoxy) is 1. The molecule has 0 aliphatic carbocycles. The summed E-state index contributed by atoms with van der Waals surface area (Å²) >= 11 is 0. The Kier molecular flexibility index (Phi) is 4.13. The van der Waals surface area contributed by atoms with Crippen LogP contribution in [0.2, 0.25) is 0 Å². The van der Waals surface area contributed by atoms with Gasteiger partial charge in [-0.2, -0.15) is 0 Å². The Morgan fingerprint density at radius 2 is 1.95 bits per heavy atom. The van der Waals surface area contributed by atoms with E-state index in [4.69, 9.17) is 4.74 Å². The highest BCUT2D eigenvalue weighted by molar-refractivity contribution is 5.93. The van der Waals surface area contributed by atoms with Crippen molar-refractivity contribution in [1.29, 1.82) is 0 Å². The summed E-state index contributed by atoms with van der Waals surface area (Å²) in [6, 6.07) is 0.00565. The lowest BCUT2D eigenvalue weighted by Gasteiger charge is -2.39. The van der Waals surface area contributed by atoms with Crippen LogP contribution in [0.5, 0.6) is 0 Å². The molecule has 5 nitrogen and oxygen atoms in total. The highest BCUT2D eigenvalue weighted by atomic mass is 16.6. The van der Waals surface area contributed by atoms with Crippen LogP contribution in [0, 0.1) is 5.92 Å². The van der Waals surface area contributed by atoms with Crippen molar-refractivity contribution in [2.45, 2.75) is 58.1 Å². The fourth-order valence-corrected chi connectivity index (χ4v) is 2.93. The molecule has 2 heterocycles. The molecule has 2 aliphatic rings. The number of fused-ring (bicyclic) bond motifs is 1. The molecule has 0 saturated carbocycles. The third-order valence-corrected chi connectivity index (χ3v) is 3.77. The maximum absolute atomic E-state index is 12.3.